The van der Waals surface area contributed by atoms with Crippen LogP contribution in [0.15, 0.2) is 23.6 Å². The van der Waals surface area contributed by atoms with E-state index in [1.165, 1.54) is 24.5 Å². The second-order valence-corrected chi connectivity index (χ2v) is 6.72. The molecule has 0 saturated carbocycles. The molecule has 8 heteroatoms. The average Bonchev–Trinajstić information content (AvgIpc) is 3.12. The number of nitrogens with one attached hydrogen (secondary N) is 2. The van der Waals surface area contributed by atoms with Crippen LogP contribution in [0.3, 0.4) is 0 Å². The van der Waals surface area contributed by atoms with Crippen molar-refractivity contribution in [3.05, 3.63) is 39.8 Å². The molecule has 0 radical (unpaired) electrons. The van der Waals surface area contributed by atoms with Crippen molar-refractivity contribution in [1.29, 1.82) is 0 Å². The van der Waals surface area contributed by atoms with Gasteiger partial charge in [0.25, 0.3) is 5.91 Å². The molecule has 1 aliphatic rings. The van der Waals surface area contributed by atoms with E-state index in [1.54, 1.807) is 17.5 Å². The lowest BCUT2D eigenvalue weighted by molar-refractivity contribution is 0.0995. The fourth-order valence-electron chi connectivity index (χ4n) is 2.79. The third kappa shape index (κ3) is 3.97. The largest absolute Gasteiger partial charge is 0.495 e. The number of primary amides is 1. The van der Waals surface area contributed by atoms with E-state index in [-0.39, 0.29) is 5.91 Å². The fraction of sp³-hybridized carbons (Fsp3) is 0.353. The molecule has 0 aliphatic carbocycles. The Balaban J connectivity index is 1.77. The molecule has 7 nitrogen and oxygen atoms in total. The predicted molar refractivity (Wildman–Crippen MR) is 96.4 cm³/mol. The summed E-state index contributed by atoms with van der Waals surface area (Å²) in [6.45, 7) is 1.95. The van der Waals surface area contributed by atoms with Crippen molar-refractivity contribution >= 4 is 28.8 Å². The van der Waals surface area contributed by atoms with Crippen molar-refractivity contribution in [2.24, 2.45) is 5.73 Å². The van der Waals surface area contributed by atoms with Gasteiger partial charge in [-0.15, -0.1) is 11.3 Å². The van der Waals surface area contributed by atoms with Gasteiger partial charge in [0.2, 0.25) is 5.91 Å². The minimum atomic E-state index is -0.569. The minimum absolute atomic E-state index is 0.296. The number of ether oxygens (including phenoxy) is 1. The van der Waals surface area contributed by atoms with Crippen molar-refractivity contribution < 1.29 is 14.3 Å². The minimum Gasteiger partial charge on any atom is -0.495 e. The van der Waals surface area contributed by atoms with Crippen LogP contribution in [0.2, 0.25) is 0 Å². The van der Waals surface area contributed by atoms with Crippen LogP contribution in [0.5, 0.6) is 5.75 Å². The Bertz CT molecular complexity index is 784. The summed E-state index contributed by atoms with van der Waals surface area (Å²) >= 11 is 1.51. The number of nitrogens with two attached hydrogens (primary N) is 1. The van der Waals surface area contributed by atoms with E-state index < -0.39 is 5.91 Å². The molecule has 0 unspecified atom stereocenters. The van der Waals surface area contributed by atoms with Gasteiger partial charge < -0.3 is 21.1 Å². The summed E-state index contributed by atoms with van der Waals surface area (Å²) in [6, 6.07) is 4.64. The van der Waals surface area contributed by atoms with Gasteiger partial charge in [0.1, 0.15) is 11.4 Å². The lowest BCUT2D eigenvalue weighted by atomic mass is 9.99. The normalized spacial score (nSPS) is 14.9. The first-order valence-corrected chi connectivity index (χ1v) is 8.91. The van der Waals surface area contributed by atoms with Crippen molar-refractivity contribution in [3.63, 3.8) is 0 Å². The standard InChI is InChI=1S/C17H20N4O3S/c1-24-14-3-2-11(15(18)22)8-12(14)20-16(23)13-9-25-17(21-13)10-4-6-19-7-5-10/h2-3,8-10,19H,4-7H2,1H3,(H2,18,22)(H,20,23). The molecule has 1 saturated heterocycles. The van der Waals surface area contributed by atoms with E-state index in [0.717, 1.165) is 30.9 Å². The number of carbonyl (C=O) groups excluding carboxylic acids is 2. The van der Waals surface area contributed by atoms with Crippen molar-refractivity contribution in [1.82, 2.24) is 10.3 Å². The Hall–Kier alpha value is -2.45. The van der Waals surface area contributed by atoms with E-state index in [0.29, 0.717) is 28.6 Å². The van der Waals surface area contributed by atoms with Crippen LogP contribution >= 0.6 is 11.3 Å². The zero-order valence-corrected chi connectivity index (χ0v) is 14.7. The Labute approximate surface area is 149 Å². The number of thiazole rings is 1. The molecule has 1 fully saturated rings. The number of hydrogen-bond acceptors (Lipinski definition) is 6. The number of rotatable bonds is 5. The lowest BCUT2D eigenvalue weighted by Gasteiger charge is -2.20. The van der Waals surface area contributed by atoms with E-state index in [9.17, 15) is 9.59 Å². The molecule has 4 N–H and O–H groups in total. The van der Waals surface area contributed by atoms with Gasteiger partial charge in [0, 0.05) is 16.9 Å². The number of amides is 2. The second-order valence-electron chi connectivity index (χ2n) is 5.83. The molecule has 1 aromatic heterocycles. The number of aromatic nitrogens is 1. The number of benzene rings is 1. The maximum absolute atomic E-state index is 12.5. The average molecular weight is 360 g/mol. The summed E-state index contributed by atoms with van der Waals surface area (Å²) in [5.41, 5.74) is 6.34. The summed E-state index contributed by atoms with van der Waals surface area (Å²) < 4.78 is 5.23. The summed E-state index contributed by atoms with van der Waals surface area (Å²) in [5, 5.41) is 8.82. The van der Waals surface area contributed by atoms with Crippen LogP contribution in [-0.2, 0) is 0 Å². The first kappa shape index (κ1) is 17.4. The van der Waals surface area contributed by atoms with Crippen molar-refractivity contribution in [2.45, 2.75) is 18.8 Å². The predicted octanol–water partition coefficient (Wildman–Crippen LogP) is 1.97. The van der Waals surface area contributed by atoms with Gasteiger partial charge in [-0.3, -0.25) is 9.59 Å². The van der Waals surface area contributed by atoms with Crippen LogP contribution in [0.1, 0.15) is 44.6 Å². The highest BCUT2D eigenvalue weighted by Gasteiger charge is 2.21. The molecular formula is C17H20N4O3S. The zero-order chi connectivity index (χ0) is 17.8. The number of anilines is 1. The van der Waals surface area contributed by atoms with E-state index in [1.807, 2.05) is 0 Å². The molecule has 1 aliphatic heterocycles. The zero-order valence-electron chi connectivity index (χ0n) is 13.9. The third-order valence-electron chi connectivity index (χ3n) is 4.18. The number of methoxy groups -OCH3 is 1. The fourth-order valence-corrected chi connectivity index (χ4v) is 3.76. The van der Waals surface area contributed by atoms with Crippen LogP contribution in [-0.4, -0.2) is 37.0 Å². The van der Waals surface area contributed by atoms with Crippen LogP contribution < -0.4 is 21.1 Å². The SMILES string of the molecule is COc1ccc(C(N)=O)cc1NC(=O)c1csc(C2CCNCC2)n1. The summed E-state index contributed by atoms with van der Waals surface area (Å²) in [5.74, 6) is -0.0518. The highest BCUT2D eigenvalue weighted by atomic mass is 32.1. The van der Waals surface area contributed by atoms with Gasteiger partial charge in [-0.05, 0) is 44.1 Å². The molecule has 2 aromatic rings. The van der Waals surface area contributed by atoms with Gasteiger partial charge in [-0.25, -0.2) is 4.98 Å². The Morgan fingerprint density at radius 3 is 2.80 bits per heavy atom. The number of piperidine rings is 1. The van der Waals surface area contributed by atoms with Gasteiger partial charge in [0.15, 0.2) is 0 Å². The monoisotopic (exact) mass is 360 g/mol. The topological polar surface area (TPSA) is 106 Å². The van der Waals surface area contributed by atoms with E-state index in [4.69, 9.17) is 10.5 Å². The van der Waals surface area contributed by atoms with Gasteiger partial charge in [-0.2, -0.15) is 0 Å². The Morgan fingerprint density at radius 2 is 2.12 bits per heavy atom. The maximum atomic E-state index is 12.5. The van der Waals surface area contributed by atoms with Gasteiger partial charge >= 0.3 is 0 Å². The van der Waals surface area contributed by atoms with Crippen LogP contribution in [0.25, 0.3) is 0 Å². The molecular weight excluding hydrogens is 340 g/mol. The quantitative estimate of drug-likeness (QED) is 0.756. The smallest absolute Gasteiger partial charge is 0.275 e. The molecule has 0 spiro atoms. The number of hydrogen-bond donors (Lipinski definition) is 3. The third-order valence-corrected chi connectivity index (χ3v) is 5.18. The van der Waals surface area contributed by atoms with Crippen LogP contribution in [0, 0.1) is 0 Å². The Morgan fingerprint density at radius 1 is 1.36 bits per heavy atom. The molecule has 0 atom stereocenters. The molecule has 0 bridgehead atoms. The van der Waals surface area contributed by atoms with E-state index >= 15 is 0 Å². The number of nitrogens with zero attached hydrogens (tertiary/aromatic N) is 1. The molecule has 1 aromatic carbocycles. The molecule has 2 amide bonds. The highest BCUT2D eigenvalue weighted by Crippen LogP contribution is 2.29. The molecule has 25 heavy (non-hydrogen) atoms. The van der Waals surface area contributed by atoms with E-state index in [2.05, 4.69) is 15.6 Å². The first-order valence-electron chi connectivity index (χ1n) is 8.04. The van der Waals surface area contributed by atoms with Gasteiger partial charge in [0.05, 0.1) is 17.8 Å². The van der Waals surface area contributed by atoms with Crippen LogP contribution in [0.4, 0.5) is 5.69 Å². The highest BCUT2D eigenvalue weighted by molar-refractivity contribution is 7.10. The molecule has 3 rings (SSSR count). The van der Waals surface area contributed by atoms with Gasteiger partial charge in [-0.1, -0.05) is 0 Å². The summed E-state index contributed by atoms with van der Waals surface area (Å²) in [7, 11) is 1.49. The first-order chi connectivity index (χ1) is 12.1. The summed E-state index contributed by atoms with van der Waals surface area (Å²) in [6.07, 6.45) is 2.06. The van der Waals surface area contributed by atoms with Crippen molar-refractivity contribution in [3.8, 4) is 5.75 Å². The Kier molecular flexibility index (Phi) is 5.30. The second kappa shape index (κ2) is 7.62. The van der Waals surface area contributed by atoms with Crippen molar-refractivity contribution in [2.75, 3.05) is 25.5 Å². The maximum Gasteiger partial charge on any atom is 0.275 e. The molecule has 2 heterocycles. The molecule has 132 valence electrons. The number of carbonyl (C=O) groups is 2. The summed E-state index contributed by atoms with van der Waals surface area (Å²) in [4.78, 5) is 28.3. The lowest BCUT2D eigenvalue weighted by Crippen LogP contribution is -2.26.